The molecule has 1 heterocycles. The van der Waals surface area contributed by atoms with Crippen LogP contribution in [-0.4, -0.2) is 23.1 Å². The van der Waals surface area contributed by atoms with Crippen LogP contribution in [0.1, 0.15) is 32.3 Å². The van der Waals surface area contributed by atoms with E-state index in [0.29, 0.717) is 12.1 Å². The predicted octanol–water partition coefficient (Wildman–Crippen LogP) is 3.40. The Kier molecular flexibility index (Phi) is 4.23. The van der Waals surface area contributed by atoms with E-state index in [1.807, 2.05) is 0 Å². The molecule has 100 valence electrons. The van der Waals surface area contributed by atoms with Crippen molar-refractivity contribution in [2.45, 2.75) is 33.2 Å². The van der Waals surface area contributed by atoms with Gasteiger partial charge in [0.25, 0.3) is 0 Å². The van der Waals surface area contributed by atoms with Crippen molar-refractivity contribution < 1.29 is 9.50 Å². The maximum absolute atomic E-state index is 13.2. The number of hydrogen-bond donors (Lipinski definition) is 1. The number of halogens is 1. The third kappa shape index (κ3) is 3.02. The number of phenolic OH excluding ortho intramolecular Hbond substituents is 1. The zero-order valence-electron chi connectivity index (χ0n) is 11.2. The number of nitrogens with zero attached hydrogens (tertiary/aromatic N) is 1. The molecular weight excluding hydrogens is 229 g/mol. The lowest BCUT2D eigenvalue weighted by atomic mass is 9.86. The Labute approximate surface area is 108 Å². The second-order valence-corrected chi connectivity index (χ2v) is 5.61. The molecule has 1 aliphatic rings. The number of rotatable bonds is 3. The van der Waals surface area contributed by atoms with Gasteiger partial charge in [0.05, 0.1) is 0 Å². The van der Waals surface area contributed by atoms with Crippen molar-refractivity contribution >= 4 is 0 Å². The van der Waals surface area contributed by atoms with Crippen molar-refractivity contribution in [2.24, 2.45) is 11.8 Å². The first-order valence-electron chi connectivity index (χ1n) is 6.76. The van der Waals surface area contributed by atoms with Gasteiger partial charge in [-0.25, -0.2) is 4.39 Å². The van der Waals surface area contributed by atoms with E-state index in [1.54, 1.807) is 12.1 Å². The molecule has 0 amide bonds. The zero-order chi connectivity index (χ0) is 13.1. The Morgan fingerprint density at radius 2 is 2.00 bits per heavy atom. The summed E-state index contributed by atoms with van der Waals surface area (Å²) in [6.07, 6.45) is 2.40. The van der Waals surface area contributed by atoms with Crippen molar-refractivity contribution in [3.8, 4) is 5.75 Å². The van der Waals surface area contributed by atoms with Crippen molar-refractivity contribution in [1.82, 2.24) is 4.90 Å². The average Bonchev–Trinajstić information content (AvgIpc) is 2.36. The maximum atomic E-state index is 13.2. The molecule has 0 radical (unpaired) electrons. The number of hydrogen-bond acceptors (Lipinski definition) is 2. The fraction of sp³-hybridized carbons (Fsp3) is 0.600. The van der Waals surface area contributed by atoms with Gasteiger partial charge in [-0.15, -0.1) is 0 Å². The van der Waals surface area contributed by atoms with E-state index in [4.69, 9.17) is 0 Å². The minimum absolute atomic E-state index is 0.191. The smallest absolute Gasteiger partial charge is 0.165 e. The molecule has 1 N–H and O–H groups in total. The van der Waals surface area contributed by atoms with Crippen LogP contribution in [-0.2, 0) is 6.54 Å². The van der Waals surface area contributed by atoms with E-state index >= 15 is 0 Å². The molecule has 0 aromatic heterocycles. The fourth-order valence-electron chi connectivity index (χ4n) is 2.71. The standard InChI is InChI=1S/C15H22FNO/c1-11(2)12-6-8-17(9-7-12)10-13-4-3-5-14(16)15(13)18/h3-5,11-12,18H,6-10H2,1-2H3. The molecule has 1 fully saturated rings. The third-order valence-corrected chi connectivity index (χ3v) is 4.04. The highest BCUT2D eigenvalue weighted by molar-refractivity contribution is 5.33. The molecule has 18 heavy (non-hydrogen) atoms. The Balaban J connectivity index is 1.94. The van der Waals surface area contributed by atoms with Crippen LogP contribution in [0.5, 0.6) is 5.75 Å². The van der Waals surface area contributed by atoms with Crippen molar-refractivity contribution in [1.29, 1.82) is 0 Å². The number of piperidine rings is 1. The van der Waals surface area contributed by atoms with Gasteiger partial charge >= 0.3 is 0 Å². The summed E-state index contributed by atoms with van der Waals surface area (Å²) in [7, 11) is 0. The zero-order valence-corrected chi connectivity index (χ0v) is 11.2. The van der Waals surface area contributed by atoms with Crippen LogP contribution in [0.4, 0.5) is 4.39 Å². The van der Waals surface area contributed by atoms with Gasteiger partial charge in [-0.2, -0.15) is 0 Å². The van der Waals surface area contributed by atoms with Gasteiger partial charge in [-0.05, 0) is 43.8 Å². The van der Waals surface area contributed by atoms with Gasteiger partial charge in [-0.1, -0.05) is 26.0 Å². The quantitative estimate of drug-likeness (QED) is 0.890. The first-order valence-corrected chi connectivity index (χ1v) is 6.76. The molecule has 1 aromatic rings. The number of para-hydroxylation sites is 1. The van der Waals surface area contributed by atoms with Crippen molar-refractivity contribution in [3.05, 3.63) is 29.6 Å². The number of phenols is 1. The van der Waals surface area contributed by atoms with E-state index in [9.17, 15) is 9.50 Å². The Morgan fingerprint density at radius 3 is 2.61 bits per heavy atom. The molecule has 0 bridgehead atoms. The Morgan fingerprint density at radius 1 is 1.33 bits per heavy atom. The van der Waals surface area contributed by atoms with Crippen LogP contribution >= 0.6 is 0 Å². The van der Waals surface area contributed by atoms with Crippen molar-refractivity contribution in [2.75, 3.05) is 13.1 Å². The summed E-state index contributed by atoms with van der Waals surface area (Å²) in [5, 5.41) is 9.67. The Bertz CT molecular complexity index is 397. The summed E-state index contributed by atoms with van der Waals surface area (Å²) in [6, 6.07) is 4.75. The number of likely N-dealkylation sites (tertiary alicyclic amines) is 1. The minimum atomic E-state index is -0.524. The molecule has 1 aromatic carbocycles. The third-order valence-electron chi connectivity index (χ3n) is 4.04. The van der Waals surface area contributed by atoms with E-state index in [0.717, 1.165) is 24.9 Å². The van der Waals surface area contributed by atoms with Gasteiger partial charge in [-0.3, -0.25) is 4.90 Å². The van der Waals surface area contributed by atoms with Crippen LogP contribution in [0.25, 0.3) is 0 Å². The largest absolute Gasteiger partial charge is 0.505 e. The summed E-state index contributed by atoms with van der Waals surface area (Å²) < 4.78 is 13.2. The second kappa shape index (κ2) is 5.70. The van der Waals surface area contributed by atoms with Gasteiger partial charge in [0, 0.05) is 12.1 Å². The molecule has 2 rings (SSSR count). The molecule has 2 nitrogen and oxygen atoms in total. The average molecular weight is 251 g/mol. The first kappa shape index (κ1) is 13.3. The van der Waals surface area contributed by atoms with Gasteiger partial charge in [0.1, 0.15) is 0 Å². The van der Waals surface area contributed by atoms with E-state index in [-0.39, 0.29) is 5.75 Å². The molecule has 0 aliphatic carbocycles. The molecule has 3 heteroatoms. The van der Waals surface area contributed by atoms with Crippen LogP contribution in [0.3, 0.4) is 0 Å². The summed E-state index contributed by atoms with van der Waals surface area (Å²) in [5.41, 5.74) is 0.693. The minimum Gasteiger partial charge on any atom is -0.505 e. The highest BCUT2D eigenvalue weighted by Crippen LogP contribution is 2.27. The predicted molar refractivity (Wildman–Crippen MR) is 70.9 cm³/mol. The molecule has 1 aliphatic heterocycles. The number of benzene rings is 1. The topological polar surface area (TPSA) is 23.5 Å². The fourth-order valence-corrected chi connectivity index (χ4v) is 2.71. The second-order valence-electron chi connectivity index (χ2n) is 5.61. The maximum Gasteiger partial charge on any atom is 0.165 e. The van der Waals surface area contributed by atoms with Crippen LogP contribution in [0.2, 0.25) is 0 Å². The summed E-state index contributed by atoms with van der Waals surface area (Å²) in [5.74, 6) is 0.838. The highest BCUT2D eigenvalue weighted by Gasteiger charge is 2.22. The van der Waals surface area contributed by atoms with Crippen LogP contribution in [0, 0.1) is 17.7 Å². The van der Waals surface area contributed by atoms with E-state index in [1.165, 1.54) is 18.9 Å². The SMILES string of the molecule is CC(C)C1CCN(Cc2cccc(F)c2O)CC1. The molecular formula is C15H22FNO. The van der Waals surface area contributed by atoms with Crippen LogP contribution < -0.4 is 0 Å². The van der Waals surface area contributed by atoms with Gasteiger partial charge < -0.3 is 5.11 Å². The molecule has 0 unspecified atom stereocenters. The normalized spacial score (nSPS) is 18.4. The lowest BCUT2D eigenvalue weighted by molar-refractivity contribution is 0.150. The lowest BCUT2D eigenvalue weighted by Crippen LogP contribution is -2.34. The van der Waals surface area contributed by atoms with Gasteiger partial charge in [0.2, 0.25) is 0 Å². The lowest BCUT2D eigenvalue weighted by Gasteiger charge is -2.33. The monoisotopic (exact) mass is 251 g/mol. The molecule has 1 saturated heterocycles. The first-order chi connectivity index (χ1) is 8.58. The Hall–Kier alpha value is -1.09. The molecule has 0 spiro atoms. The van der Waals surface area contributed by atoms with E-state index < -0.39 is 5.82 Å². The summed E-state index contributed by atoms with van der Waals surface area (Å²) in [4.78, 5) is 2.30. The van der Waals surface area contributed by atoms with Gasteiger partial charge in [0.15, 0.2) is 11.6 Å². The number of aromatic hydroxyl groups is 1. The van der Waals surface area contributed by atoms with E-state index in [2.05, 4.69) is 18.7 Å². The summed E-state index contributed by atoms with van der Waals surface area (Å²) in [6.45, 7) is 7.28. The summed E-state index contributed by atoms with van der Waals surface area (Å²) >= 11 is 0. The highest BCUT2D eigenvalue weighted by atomic mass is 19.1. The molecule has 0 atom stereocenters. The van der Waals surface area contributed by atoms with Crippen molar-refractivity contribution in [3.63, 3.8) is 0 Å². The van der Waals surface area contributed by atoms with Crippen LogP contribution in [0.15, 0.2) is 18.2 Å². The molecule has 0 saturated carbocycles.